The number of benzene rings is 1. The molecular weight excluding hydrogens is 254 g/mol. The van der Waals surface area contributed by atoms with Crippen LogP contribution in [0.3, 0.4) is 0 Å². The number of nitrogens with zero attached hydrogens (tertiary/aromatic N) is 2. The zero-order valence-electron chi connectivity index (χ0n) is 12.5. The number of aryl methyl sites for hydroxylation is 2. The molecule has 1 unspecified atom stereocenters. The molecule has 1 fully saturated rings. The van der Waals surface area contributed by atoms with Crippen LogP contribution in [0.5, 0.6) is 0 Å². The molecule has 0 radical (unpaired) electrons. The first-order chi connectivity index (χ1) is 9.49. The van der Waals surface area contributed by atoms with Crippen LogP contribution in [0.25, 0.3) is 0 Å². The summed E-state index contributed by atoms with van der Waals surface area (Å²) in [7, 11) is 2.17. The average molecular weight is 277 g/mol. The van der Waals surface area contributed by atoms with Gasteiger partial charge in [-0.15, -0.1) is 0 Å². The number of nitrogens with one attached hydrogen (secondary N) is 1. The monoisotopic (exact) mass is 277 g/mol. The van der Waals surface area contributed by atoms with Crippen LogP contribution >= 0.6 is 0 Å². The Morgan fingerprint density at radius 2 is 2.10 bits per heavy atom. The van der Waals surface area contributed by atoms with Crippen molar-refractivity contribution < 1.29 is 4.92 Å². The summed E-state index contributed by atoms with van der Waals surface area (Å²) in [4.78, 5) is 13.0. The van der Waals surface area contributed by atoms with Crippen LogP contribution in [-0.2, 0) is 0 Å². The molecule has 2 rings (SSSR count). The van der Waals surface area contributed by atoms with E-state index in [1.54, 1.807) is 13.0 Å². The number of likely N-dealkylation sites (N-methyl/N-ethyl adjacent to an activating group) is 1. The highest BCUT2D eigenvalue weighted by Crippen LogP contribution is 2.26. The Morgan fingerprint density at radius 3 is 2.75 bits per heavy atom. The van der Waals surface area contributed by atoms with Crippen molar-refractivity contribution in [2.24, 2.45) is 0 Å². The molecule has 1 saturated heterocycles. The van der Waals surface area contributed by atoms with Gasteiger partial charge in [0.15, 0.2) is 0 Å². The van der Waals surface area contributed by atoms with E-state index in [1.165, 1.54) is 19.3 Å². The van der Waals surface area contributed by atoms with Crippen LogP contribution in [0.4, 0.5) is 11.4 Å². The van der Waals surface area contributed by atoms with Crippen LogP contribution < -0.4 is 5.32 Å². The van der Waals surface area contributed by atoms with E-state index in [9.17, 15) is 10.1 Å². The van der Waals surface area contributed by atoms with Gasteiger partial charge < -0.3 is 10.2 Å². The number of nitro benzene ring substituents is 1. The predicted octanol–water partition coefficient (Wildman–Crippen LogP) is 3.11. The molecule has 0 amide bonds. The van der Waals surface area contributed by atoms with E-state index in [-0.39, 0.29) is 10.6 Å². The Kier molecular flexibility index (Phi) is 4.60. The number of rotatable bonds is 4. The van der Waals surface area contributed by atoms with Crippen LogP contribution in [0.2, 0.25) is 0 Å². The maximum absolute atomic E-state index is 10.9. The highest BCUT2D eigenvalue weighted by atomic mass is 16.6. The van der Waals surface area contributed by atoms with Gasteiger partial charge >= 0.3 is 0 Å². The van der Waals surface area contributed by atoms with E-state index < -0.39 is 0 Å². The molecule has 1 atom stereocenters. The van der Waals surface area contributed by atoms with Crippen molar-refractivity contribution in [1.82, 2.24) is 4.90 Å². The van der Waals surface area contributed by atoms with E-state index in [4.69, 9.17) is 0 Å². The fraction of sp³-hybridized carbons (Fsp3) is 0.600. The highest BCUT2D eigenvalue weighted by Gasteiger charge is 2.19. The number of likely N-dealkylation sites (tertiary alicyclic amines) is 1. The van der Waals surface area contributed by atoms with Gasteiger partial charge in [0.1, 0.15) is 0 Å². The lowest BCUT2D eigenvalue weighted by Crippen LogP contribution is -2.40. The molecule has 1 N–H and O–H groups in total. The first-order valence-corrected chi connectivity index (χ1v) is 7.19. The standard InChI is InChI=1S/C15H23N3O2/c1-11-9-15(18(19)20)12(2)8-14(11)16-10-13-6-4-5-7-17(13)3/h8-9,13,16H,4-7,10H2,1-3H3. The van der Waals surface area contributed by atoms with Crippen LogP contribution in [-0.4, -0.2) is 36.0 Å². The van der Waals surface area contributed by atoms with Crippen molar-refractivity contribution in [3.63, 3.8) is 0 Å². The van der Waals surface area contributed by atoms with E-state index in [0.29, 0.717) is 11.6 Å². The Bertz CT molecular complexity index is 502. The summed E-state index contributed by atoms with van der Waals surface area (Å²) in [6.07, 6.45) is 3.78. The van der Waals surface area contributed by atoms with Gasteiger partial charge in [-0.25, -0.2) is 0 Å². The minimum atomic E-state index is -0.318. The van der Waals surface area contributed by atoms with Crippen molar-refractivity contribution in [3.05, 3.63) is 33.4 Å². The first-order valence-electron chi connectivity index (χ1n) is 7.19. The second-order valence-electron chi connectivity index (χ2n) is 5.72. The summed E-state index contributed by atoms with van der Waals surface area (Å²) in [5, 5.41) is 14.4. The molecule has 20 heavy (non-hydrogen) atoms. The van der Waals surface area contributed by atoms with Gasteiger partial charge in [-0.1, -0.05) is 6.42 Å². The second kappa shape index (κ2) is 6.22. The van der Waals surface area contributed by atoms with E-state index in [2.05, 4.69) is 17.3 Å². The molecule has 110 valence electrons. The van der Waals surface area contributed by atoms with Crippen molar-refractivity contribution in [3.8, 4) is 0 Å². The normalized spacial score (nSPS) is 19.9. The van der Waals surface area contributed by atoms with Gasteiger partial charge in [0.25, 0.3) is 5.69 Å². The molecule has 0 saturated carbocycles. The third-order valence-corrected chi connectivity index (χ3v) is 4.19. The average Bonchev–Trinajstić information content (AvgIpc) is 2.40. The molecule has 0 bridgehead atoms. The highest BCUT2D eigenvalue weighted by molar-refractivity contribution is 5.59. The van der Waals surface area contributed by atoms with Gasteiger partial charge in [0.05, 0.1) is 4.92 Å². The van der Waals surface area contributed by atoms with E-state index >= 15 is 0 Å². The Hall–Kier alpha value is -1.62. The SMILES string of the molecule is Cc1cc([N+](=O)[O-])c(C)cc1NCC1CCCCN1C. The van der Waals surface area contributed by atoms with Crippen molar-refractivity contribution in [1.29, 1.82) is 0 Å². The molecule has 1 heterocycles. The summed E-state index contributed by atoms with van der Waals surface area (Å²) in [5.74, 6) is 0. The molecule has 0 aliphatic carbocycles. The molecule has 5 nitrogen and oxygen atoms in total. The quantitative estimate of drug-likeness (QED) is 0.678. The lowest BCUT2D eigenvalue weighted by atomic mass is 10.0. The minimum Gasteiger partial charge on any atom is -0.383 e. The summed E-state index contributed by atoms with van der Waals surface area (Å²) in [6.45, 7) is 5.76. The number of hydrogen-bond acceptors (Lipinski definition) is 4. The summed E-state index contributed by atoms with van der Waals surface area (Å²) in [6, 6.07) is 4.09. The van der Waals surface area contributed by atoms with Crippen molar-refractivity contribution in [2.75, 3.05) is 25.5 Å². The summed E-state index contributed by atoms with van der Waals surface area (Å²) >= 11 is 0. The van der Waals surface area contributed by atoms with Crippen molar-refractivity contribution >= 4 is 11.4 Å². The van der Waals surface area contributed by atoms with Gasteiger partial charge in [0, 0.05) is 29.9 Å². The maximum Gasteiger partial charge on any atom is 0.272 e. The zero-order chi connectivity index (χ0) is 14.7. The van der Waals surface area contributed by atoms with Gasteiger partial charge in [-0.2, -0.15) is 0 Å². The van der Waals surface area contributed by atoms with Crippen LogP contribution in [0, 0.1) is 24.0 Å². The first kappa shape index (κ1) is 14.8. The Balaban J connectivity index is 2.06. The number of piperidine rings is 1. The fourth-order valence-electron chi connectivity index (χ4n) is 2.82. The molecule has 5 heteroatoms. The van der Waals surface area contributed by atoms with Gasteiger partial charge in [0.2, 0.25) is 0 Å². The number of hydrogen-bond donors (Lipinski definition) is 1. The predicted molar refractivity (Wildman–Crippen MR) is 81.3 cm³/mol. The Morgan fingerprint density at radius 1 is 1.35 bits per heavy atom. The summed E-state index contributed by atoms with van der Waals surface area (Å²) in [5.41, 5.74) is 2.84. The summed E-state index contributed by atoms with van der Waals surface area (Å²) < 4.78 is 0. The molecule has 1 aliphatic rings. The second-order valence-corrected chi connectivity index (χ2v) is 5.72. The molecule has 1 aromatic carbocycles. The van der Waals surface area contributed by atoms with Gasteiger partial charge in [-0.3, -0.25) is 10.1 Å². The number of nitro groups is 1. The zero-order valence-corrected chi connectivity index (χ0v) is 12.5. The smallest absolute Gasteiger partial charge is 0.272 e. The fourth-order valence-corrected chi connectivity index (χ4v) is 2.82. The maximum atomic E-state index is 10.9. The van der Waals surface area contributed by atoms with E-state index in [1.807, 2.05) is 13.0 Å². The van der Waals surface area contributed by atoms with E-state index in [0.717, 1.165) is 24.3 Å². The lowest BCUT2D eigenvalue weighted by molar-refractivity contribution is -0.385. The molecule has 0 spiro atoms. The topological polar surface area (TPSA) is 58.4 Å². The van der Waals surface area contributed by atoms with Gasteiger partial charge in [-0.05, 0) is 51.9 Å². The van der Waals surface area contributed by atoms with Crippen LogP contribution in [0.1, 0.15) is 30.4 Å². The molecule has 1 aliphatic heterocycles. The molecule has 0 aromatic heterocycles. The third kappa shape index (κ3) is 3.28. The number of anilines is 1. The molecular formula is C15H23N3O2. The third-order valence-electron chi connectivity index (χ3n) is 4.19. The minimum absolute atomic E-state index is 0.197. The lowest BCUT2D eigenvalue weighted by Gasteiger charge is -2.33. The van der Waals surface area contributed by atoms with Crippen molar-refractivity contribution in [2.45, 2.75) is 39.2 Å². The largest absolute Gasteiger partial charge is 0.383 e. The molecule has 1 aromatic rings. The van der Waals surface area contributed by atoms with Crippen LogP contribution in [0.15, 0.2) is 12.1 Å². The Labute approximate surface area is 120 Å².